The zero-order chi connectivity index (χ0) is 21.5. The summed E-state index contributed by atoms with van der Waals surface area (Å²) in [6.07, 6.45) is -4.09. The topological polar surface area (TPSA) is 35.6 Å². The molecule has 0 aliphatic carbocycles. The summed E-state index contributed by atoms with van der Waals surface area (Å²) in [4.78, 5) is 17.4. The van der Waals surface area contributed by atoms with Crippen LogP contribution in [0.3, 0.4) is 0 Å². The number of piperazine rings is 1. The molecular formula is C23H26F3N3O. The number of carbonyl (C=O) groups is 1. The lowest BCUT2D eigenvalue weighted by molar-refractivity contribution is -0.137. The van der Waals surface area contributed by atoms with Crippen LogP contribution in [-0.2, 0) is 17.4 Å². The average Bonchev–Trinajstić information content (AvgIpc) is 2.71. The standard InChI is InChI=1S/C23H26F3N3O/c1-15(2)27-22(30)19-13-16-12-17(23(24,25)26)8-9-20(16)29-11-10-28(14-21(19)29)18-6-4-3-5-7-18/h3-9,12,15,19,21H,10-11,13-14H2,1-2H3,(H,27,30). The van der Waals surface area contributed by atoms with Crippen LogP contribution in [-0.4, -0.2) is 37.6 Å². The predicted octanol–water partition coefficient (Wildman–Crippen LogP) is 4.10. The van der Waals surface area contributed by atoms with Crippen LogP contribution in [0.25, 0.3) is 0 Å². The monoisotopic (exact) mass is 417 g/mol. The molecule has 2 atom stereocenters. The molecule has 30 heavy (non-hydrogen) atoms. The molecule has 2 aliphatic heterocycles. The molecule has 0 bridgehead atoms. The van der Waals surface area contributed by atoms with Gasteiger partial charge in [-0.15, -0.1) is 0 Å². The molecule has 1 saturated heterocycles. The van der Waals surface area contributed by atoms with Crippen molar-refractivity contribution in [3.8, 4) is 0 Å². The van der Waals surface area contributed by atoms with Crippen molar-refractivity contribution in [3.05, 3.63) is 59.7 Å². The minimum Gasteiger partial charge on any atom is -0.368 e. The van der Waals surface area contributed by atoms with Crippen molar-refractivity contribution < 1.29 is 18.0 Å². The van der Waals surface area contributed by atoms with Gasteiger partial charge in [-0.05, 0) is 56.2 Å². The van der Waals surface area contributed by atoms with E-state index >= 15 is 0 Å². The van der Waals surface area contributed by atoms with E-state index in [-0.39, 0.29) is 18.0 Å². The van der Waals surface area contributed by atoms with E-state index in [9.17, 15) is 18.0 Å². The van der Waals surface area contributed by atoms with Gasteiger partial charge in [-0.3, -0.25) is 4.79 Å². The number of benzene rings is 2. The molecule has 2 aliphatic rings. The van der Waals surface area contributed by atoms with Gasteiger partial charge < -0.3 is 15.1 Å². The normalized spacial score (nSPS) is 21.3. The number of rotatable bonds is 3. The van der Waals surface area contributed by atoms with Gasteiger partial charge in [0, 0.05) is 37.1 Å². The first kappa shape index (κ1) is 20.6. The van der Waals surface area contributed by atoms with Crippen molar-refractivity contribution in [1.82, 2.24) is 5.32 Å². The van der Waals surface area contributed by atoms with Crippen molar-refractivity contribution in [2.75, 3.05) is 29.4 Å². The maximum atomic E-state index is 13.3. The number of amides is 1. The summed E-state index contributed by atoms with van der Waals surface area (Å²) in [5.41, 5.74) is 1.84. The quantitative estimate of drug-likeness (QED) is 0.817. The second-order valence-electron chi connectivity index (χ2n) is 8.36. The Bertz CT molecular complexity index is 914. The van der Waals surface area contributed by atoms with E-state index in [2.05, 4.69) is 15.1 Å². The Balaban J connectivity index is 1.69. The zero-order valence-electron chi connectivity index (χ0n) is 17.1. The van der Waals surface area contributed by atoms with Crippen molar-refractivity contribution in [2.45, 2.75) is 38.5 Å². The smallest absolute Gasteiger partial charge is 0.368 e. The number of carbonyl (C=O) groups excluding carboxylic acids is 1. The molecule has 4 nitrogen and oxygen atoms in total. The number of anilines is 2. The SMILES string of the molecule is CC(C)NC(=O)C1Cc2cc(C(F)(F)F)ccc2N2CCN(c3ccccc3)CC12. The van der Waals surface area contributed by atoms with Gasteiger partial charge in [0.25, 0.3) is 0 Å². The molecule has 1 N–H and O–H groups in total. The molecule has 160 valence electrons. The molecule has 2 aromatic carbocycles. The molecule has 7 heteroatoms. The van der Waals surface area contributed by atoms with Crippen LogP contribution >= 0.6 is 0 Å². The summed E-state index contributed by atoms with van der Waals surface area (Å²) in [7, 11) is 0. The molecule has 2 unspecified atom stereocenters. The maximum absolute atomic E-state index is 13.3. The molecular weight excluding hydrogens is 391 g/mol. The zero-order valence-corrected chi connectivity index (χ0v) is 17.1. The highest BCUT2D eigenvalue weighted by atomic mass is 19.4. The molecule has 4 rings (SSSR count). The van der Waals surface area contributed by atoms with Crippen molar-refractivity contribution >= 4 is 17.3 Å². The third-order valence-corrected chi connectivity index (χ3v) is 5.93. The molecule has 0 aromatic heterocycles. The minimum absolute atomic E-state index is 0.0253. The predicted molar refractivity (Wildman–Crippen MR) is 112 cm³/mol. The largest absolute Gasteiger partial charge is 0.416 e. The van der Waals surface area contributed by atoms with Gasteiger partial charge in [-0.25, -0.2) is 0 Å². The summed E-state index contributed by atoms with van der Waals surface area (Å²) < 4.78 is 39.8. The Kier molecular flexibility index (Phi) is 5.38. The number of fused-ring (bicyclic) bond motifs is 3. The summed E-state index contributed by atoms with van der Waals surface area (Å²) in [6, 6.07) is 13.8. The van der Waals surface area contributed by atoms with E-state index in [1.54, 1.807) is 6.07 Å². The fourth-order valence-electron chi connectivity index (χ4n) is 4.56. The Morgan fingerprint density at radius 2 is 1.83 bits per heavy atom. The lowest BCUT2D eigenvalue weighted by Crippen LogP contribution is -2.61. The lowest BCUT2D eigenvalue weighted by atomic mass is 9.82. The van der Waals surface area contributed by atoms with Crippen LogP contribution in [0.4, 0.5) is 24.5 Å². The summed E-state index contributed by atoms with van der Waals surface area (Å²) >= 11 is 0. The fraction of sp³-hybridized carbons (Fsp3) is 0.435. The highest BCUT2D eigenvalue weighted by Crippen LogP contribution is 2.40. The molecule has 0 saturated carbocycles. The van der Waals surface area contributed by atoms with Crippen LogP contribution in [0, 0.1) is 5.92 Å². The van der Waals surface area contributed by atoms with Gasteiger partial charge in [0.05, 0.1) is 17.5 Å². The van der Waals surface area contributed by atoms with E-state index in [0.717, 1.165) is 24.0 Å². The third-order valence-electron chi connectivity index (χ3n) is 5.93. The first-order valence-corrected chi connectivity index (χ1v) is 10.3. The average molecular weight is 417 g/mol. The number of halogens is 3. The van der Waals surface area contributed by atoms with E-state index in [0.29, 0.717) is 25.1 Å². The number of hydrogen-bond donors (Lipinski definition) is 1. The highest BCUT2D eigenvalue weighted by molar-refractivity contribution is 5.82. The van der Waals surface area contributed by atoms with Crippen molar-refractivity contribution in [2.24, 2.45) is 5.92 Å². The van der Waals surface area contributed by atoms with Crippen molar-refractivity contribution in [3.63, 3.8) is 0 Å². The van der Waals surface area contributed by atoms with Gasteiger partial charge in [0.1, 0.15) is 0 Å². The van der Waals surface area contributed by atoms with Gasteiger partial charge in [-0.2, -0.15) is 13.2 Å². The minimum atomic E-state index is -4.40. The molecule has 1 fully saturated rings. The van der Waals surface area contributed by atoms with Crippen LogP contribution < -0.4 is 15.1 Å². The van der Waals surface area contributed by atoms with Crippen LogP contribution in [0.1, 0.15) is 25.0 Å². The second-order valence-corrected chi connectivity index (χ2v) is 8.36. The second kappa shape index (κ2) is 7.85. The molecule has 2 heterocycles. The third kappa shape index (κ3) is 3.98. The summed E-state index contributed by atoms with van der Waals surface area (Å²) in [5, 5.41) is 2.97. The first-order valence-electron chi connectivity index (χ1n) is 10.3. The van der Waals surface area contributed by atoms with Gasteiger partial charge in [0.2, 0.25) is 5.91 Å². The van der Waals surface area contributed by atoms with Crippen LogP contribution in [0.15, 0.2) is 48.5 Å². The summed E-state index contributed by atoms with van der Waals surface area (Å²) in [6.45, 7) is 5.85. The summed E-state index contributed by atoms with van der Waals surface area (Å²) in [5.74, 6) is -0.507. The van der Waals surface area contributed by atoms with Crippen molar-refractivity contribution in [1.29, 1.82) is 0 Å². The van der Waals surface area contributed by atoms with Gasteiger partial charge in [0.15, 0.2) is 0 Å². The molecule has 0 radical (unpaired) electrons. The Morgan fingerprint density at radius 1 is 1.10 bits per heavy atom. The van der Waals surface area contributed by atoms with Gasteiger partial charge in [-0.1, -0.05) is 18.2 Å². The van der Waals surface area contributed by atoms with Crippen LogP contribution in [0.2, 0.25) is 0 Å². The van der Waals surface area contributed by atoms with Gasteiger partial charge >= 0.3 is 6.18 Å². The number of para-hydroxylation sites is 1. The number of nitrogens with one attached hydrogen (secondary N) is 1. The molecule has 1 amide bonds. The van der Waals surface area contributed by atoms with E-state index in [1.165, 1.54) is 6.07 Å². The number of nitrogens with zero attached hydrogens (tertiary/aromatic N) is 2. The van der Waals surface area contributed by atoms with E-state index in [1.807, 2.05) is 44.2 Å². The number of alkyl halides is 3. The fourth-order valence-corrected chi connectivity index (χ4v) is 4.56. The Morgan fingerprint density at radius 3 is 2.50 bits per heavy atom. The van der Waals surface area contributed by atoms with E-state index in [4.69, 9.17) is 0 Å². The van der Waals surface area contributed by atoms with Crippen LogP contribution in [0.5, 0.6) is 0 Å². The lowest BCUT2D eigenvalue weighted by Gasteiger charge is -2.49. The Hall–Kier alpha value is -2.70. The highest BCUT2D eigenvalue weighted by Gasteiger charge is 2.42. The Labute approximate surface area is 174 Å². The first-order chi connectivity index (χ1) is 14.2. The molecule has 2 aromatic rings. The molecule has 0 spiro atoms. The van der Waals surface area contributed by atoms with E-state index < -0.39 is 17.7 Å². The maximum Gasteiger partial charge on any atom is 0.416 e. The number of hydrogen-bond acceptors (Lipinski definition) is 3.